The molecule has 0 bridgehead atoms. The fourth-order valence-electron chi connectivity index (χ4n) is 4.22. The van der Waals surface area contributed by atoms with Crippen LogP contribution in [0.2, 0.25) is 0 Å². The van der Waals surface area contributed by atoms with Crippen LogP contribution in [0.15, 0.2) is 24.3 Å². The predicted octanol–water partition coefficient (Wildman–Crippen LogP) is 2.92. The largest absolute Gasteiger partial charge is 0.348 e. The number of amides is 1. The van der Waals surface area contributed by atoms with E-state index in [-0.39, 0.29) is 18.0 Å². The lowest BCUT2D eigenvalue weighted by Crippen LogP contribution is -2.40. The fraction of sp³-hybridized carbons (Fsp3) is 0.524. The molecule has 5 nitrogen and oxygen atoms in total. The molecule has 0 radical (unpaired) electrons. The number of hydrogen-bond donors (Lipinski definition) is 2. The number of aryl methyl sites for hydroxylation is 1. The molecule has 1 amide bonds. The Morgan fingerprint density at radius 2 is 1.92 bits per heavy atom. The summed E-state index contributed by atoms with van der Waals surface area (Å²) in [5.74, 6) is -0.0208. The number of carbonyl (C=O) groups is 1. The first-order chi connectivity index (χ1) is 12.7. The van der Waals surface area contributed by atoms with E-state index in [0.29, 0.717) is 5.69 Å². The summed E-state index contributed by atoms with van der Waals surface area (Å²) in [4.78, 5) is 12.9. The van der Waals surface area contributed by atoms with Crippen LogP contribution < -0.4 is 11.1 Å². The van der Waals surface area contributed by atoms with Crippen LogP contribution >= 0.6 is 0 Å². The lowest BCUT2D eigenvalue weighted by atomic mass is 9.92. The monoisotopic (exact) mass is 352 g/mol. The highest BCUT2D eigenvalue weighted by Gasteiger charge is 2.28. The second-order valence-electron chi connectivity index (χ2n) is 7.64. The lowest BCUT2D eigenvalue weighted by Gasteiger charge is -2.26. The van der Waals surface area contributed by atoms with Gasteiger partial charge in [-0.1, -0.05) is 19.1 Å². The quantitative estimate of drug-likeness (QED) is 0.888. The predicted molar refractivity (Wildman–Crippen MR) is 103 cm³/mol. The molecule has 1 saturated carbocycles. The number of fused-ring (bicyclic) bond motifs is 1. The molecule has 26 heavy (non-hydrogen) atoms. The van der Waals surface area contributed by atoms with Gasteiger partial charge in [-0.05, 0) is 69.1 Å². The molecular weight excluding hydrogens is 324 g/mol. The Bertz CT molecular complexity index is 785. The molecule has 2 aromatic rings. The number of benzene rings is 1. The van der Waals surface area contributed by atoms with Crippen molar-refractivity contribution in [3.8, 4) is 5.69 Å². The summed E-state index contributed by atoms with van der Waals surface area (Å²) in [7, 11) is 0. The summed E-state index contributed by atoms with van der Waals surface area (Å²) in [5, 5.41) is 7.92. The van der Waals surface area contributed by atoms with Crippen molar-refractivity contribution in [2.75, 3.05) is 0 Å². The molecule has 138 valence electrons. The summed E-state index contributed by atoms with van der Waals surface area (Å²) in [5.41, 5.74) is 11.3. The fourth-order valence-corrected chi connectivity index (χ4v) is 4.22. The van der Waals surface area contributed by atoms with Gasteiger partial charge >= 0.3 is 0 Å². The van der Waals surface area contributed by atoms with Gasteiger partial charge in [0.2, 0.25) is 0 Å². The summed E-state index contributed by atoms with van der Waals surface area (Å²) in [6, 6.07) is 9.02. The molecule has 5 heteroatoms. The number of hydrogen-bond acceptors (Lipinski definition) is 3. The first kappa shape index (κ1) is 17.3. The van der Waals surface area contributed by atoms with Gasteiger partial charge in [-0.2, -0.15) is 5.10 Å². The Balaban J connectivity index is 1.58. The van der Waals surface area contributed by atoms with Crippen LogP contribution in [0.4, 0.5) is 0 Å². The first-order valence-corrected chi connectivity index (χ1v) is 9.92. The Morgan fingerprint density at radius 3 is 2.62 bits per heavy atom. The summed E-state index contributed by atoms with van der Waals surface area (Å²) < 4.78 is 1.98. The van der Waals surface area contributed by atoms with Crippen LogP contribution in [-0.2, 0) is 19.3 Å². The maximum absolute atomic E-state index is 12.9. The van der Waals surface area contributed by atoms with E-state index in [4.69, 9.17) is 10.8 Å². The van der Waals surface area contributed by atoms with Gasteiger partial charge in [0.1, 0.15) is 0 Å². The van der Waals surface area contributed by atoms with Gasteiger partial charge in [0, 0.05) is 23.3 Å². The standard InChI is InChI=1S/C21H28N4O/c1-2-14-6-12-17(13-7-14)25-19-5-3-4-18(19)20(24-25)21(26)23-16-10-8-15(22)9-11-16/h6-7,12-13,15-16H,2-5,8-11,22H2,1H3,(H,23,26). The average molecular weight is 352 g/mol. The molecule has 2 aliphatic carbocycles. The molecule has 0 atom stereocenters. The maximum Gasteiger partial charge on any atom is 0.272 e. The highest BCUT2D eigenvalue weighted by Crippen LogP contribution is 2.28. The molecule has 2 aliphatic rings. The molecule has 1 fully saturated rings. The highest BCUT2D eigenvalue weighted by molar-refractivity contribution is 5.94. The minimum atomic E-state index is -0.0208. The third kappa shape index (κ3) is 3.28. The summed E-state index contributed by atoms with van der Waals surface area (Å²) >= 11 is 0. The Hall–Kier alpha value is -2.14. The molecular formula is C21H28N4O. The molecule has 1 aromatic carbocycles. The number of rotatable bonds is 4. The second kappa shape index (κ2) is 7.23. The molecule has 1 heterocycles. The average Bonchev–Trinajstić information content (AvgIpc) is 3.26. The van der Waals surface area contributed by atoms with Crippen LogP contribution in [0.3, 0.4) is 0 Å². The number of nitrogens with one attached hydrogen (secondary N) is 1. The van der Waals surface area contributed by atoms with E-state index in [0.717, 1.165) is 62.6 Å². The van der Waals surface area contributed by atoms with Gasteiger partial charge in [-0.15, -0.1) is 0 Å². The Labute approximate surface area is 155 Å². The zero-order chi connectivity index (χ0) is 18.1. The van der Waals surface area contributed by atoms with Crippen LogP contribution in [-0.4, -0.2) is 27.8 Å². The van der Waals surface area contributed by atoms with Crippen LogP contribution in [0, 0.1) is 0 Å². The molecule has 0 aliphatic heterocycles. The minimum absolute atomic E-state index is 0.0208. The zero-order valence-electron chi connectivity index (χ0n) is 15.5. The van der Waals surface area contributed by atoms with E-state index in [2.05, 4.69) is 36.5 Å². The van der Waals surface area contributed by atoms with Crippen molar-refractivity contribution in [2.45, 2.75) is 70.4 Å². The van der Waals surface area contributed by atoms with Crippen LogP contribution in [0.1, 0.15) is 66.3 Å². The molecule has 4 rings (SSSR count). The topological polar surface area (TPSA) is 72.9 Å². The molecule has 0 unspecified atom stereocenters. The third-order valence-electron chi connectivity index (χ3n) is 5.84. The molecule has 3 N–H and O–H groups in total. The number of nitrogens with zero attached hydrogens (tertiary/aromatic N) is 2. The summed E-state index contributed by atoms with van der Waals surface area (Å²) in [6.07, 6.45) is 7.96. The van der Waals surface area contributed by atoms with E-state index >= 15 is 0 Å². The normalized spacial score (nSPS) is 22.2. The van der Waals surface area contributed by atoms with Crippen molar-refractivity contribution >= 4 is 5.91 Å². The Kier molecular flexibility index (Phi) is 4.81. The van der Waals surface area contributed by atoms with Gasteiger partial charge in [0.15, 0.2) is 5.69 Å². The molecule has 1 aromatic heterocycles. The number of nitrogens with two attached hydrogens (primary N) is 1. The zero-order valence-corrected chi connectivity index (χ0v) is 15.5. The van der Waals surface area contributed by atoms with Gasteiger partial charge < -0.3 is 11.1 Å². The summed E-state index contributed by atoms with van der Waals surface area (Å²) in [6.45, 7) is 2.15. The SMILES string of the molecule is CCc1ccc(-n2nc(C(=O)NC3CCC(N)CC3)c3c2CCC3)cc1. The van der Waals surface area contributed by atoms with E-state index in [1.807, 2.05) is 4.68 Å². The Morgan fingerprint density at radius 1 is 1.19 bits per heavy atom. The van der Waals surface area contributed by atoms with E-state index in [1.165, 1.54) is 11.3 Å². The maximum atomic E-state index is 12.9. The molecule has 0 spiro atoms. The van der Waals surface area contributed by atoms with Crippen molar-refractivity contribution in [1.29, 1.82) is 0 Å². The smallest absolute Gasteiger partial charge is 0.272 e. The number of carbonyl (C=O) groups excluding carboxylic acids is 1. The van der Waals surface area contributed by atoms with Crippen molar-refractivity contribution in [3.05, 3.63) is 46.8 Å². The van der Waals surface area contributed by atoms with Crippen LogP contribution in [0.25, 0.3) is 5.69 Å². The van der Waals surface area contributed by atoms with E-state index in [9.17, 15) is 4.79 Å². The number of aromatic nitrogens is 2. The molecule has 0 saturated heterocycles. The van der Waals surface area contributed by atoms with E-state index < -0.39 is 0 Å². The first-order valence-electron chi connectivity index (χ1n) is 9.92. The van der Waals surface area contributed by atoms with Crippen LogP contribution in [0.5, 0.6) is 0 Å². The van der Waals surface area contributed by atoms with Gasteiger partial charge in [-0.25, -0.2) is 4.68 Å². The van der Waals surface area contributed by atoms with Gasteiger partial charge in [0.25, 0.3) is 5.91 Å². The van der Waals surface area contributed by atoms with Gasteiger partial charge in [-0.3, -0.25) is 4.79 Å². The minimum Gasteiger partial charge on any atom is -0.348 e. The second-order valence-corrected chi connectivity index (χ2v) is 7.64. The highest BCUT2D eigenvalue weighted by atomic mass is 16.2. The van der Waals surface area contributed by atoms with Crippen molar-refractivity contribution in [2.24, 2.45) is 5.73 Å². The van der Waals surface area contributed by atoms with Crippen molar-refractivity contribution in [3.63, 3.8) is 0 Å². The van der Waals surface area contributed by atoms with Crippen molar-refractivity contribution in [1.82, 2.24) is 15.1 Å². The van der Waals surface area contributed by atoms with Crippen molar-refractivity contribution < 1.29 is 4.79 Å². The van der Waals surface area contributed by atoms with Gasteiger partial charge in [0.05, 0.1) is 5.69 Å². The third-order valence-corrected chi connectivity index (χ3v) is 5.84. The lowest BCUT2D eigenvalue weighted by molar-refractivity contribution is 0.0919. The van der Waals surface area contributed by atoms with E-state index in [1.54, 1.807) is 0 Å².